The fourth-order valence-electron chi connectivity index (χ4n) is 1.66. The Bertz CT molecular complexity index is 579. The predicted octanol–water partition coefficient (Wildman–Crippen LogP) is 4.70. The fourth-order valence-corrected chi connectivity index (χ4v) is 2.39. The normalized spacial score (nSPS) is 10.2. The first-order valence-electron chi connectivity index (χ1n) is 5.92. The van der Waals surface area contributed by atoms with E-state index in [0.717, 1.165) is 10.0 Å². The molecule has 0 aliphatic carbocycles. The molecule has 0 saturated heterocycles. The largest absolute Gasteiger partial charge is 0.496 e. The summed E-state index contributed by atoms with van der Waals surface area (Å²) in [5, 5.41) is 0.661. The number of hydrogen-bond acceptors (Lipinski definition) is 3. The summed E-state index contributed by atoms with van der Waals surface area (Å²) in [7, 11) is 3.20. The van der Waals surface area contributed by atoms with Crippen LogP contribution in [0.15, 0.2) is 40.9 Å². The van der Waals surface area contributed by atoms with Crippen LogP contribution in [0.5, 0.6) is 17.2 Å². The lowest BCUT2D eigenvalue weighted by Crippen LogP contribution is -1.97. The molecule has 0 radical (unpaired) electrons. The third kappa shape index (κ3) is 3.81. The van der Waals surface area contributed by atoms with E-state index in [2.05, 4.69) is 15.9 Å². The molecular formula is C15H14BrClO3. The van der Waals surface area contributed by atoms with E-state index >= 15 is 0 Å². The molecule has 0 unspecified atom stereocenters. The van der Waals surface area contributed by atoms with Crippen molar-refractivity contribution < 1.29 is 14.2 Å². The molecule has 0 bridgehead atoms. The van der Waals surface area contributed by atoms with Gasteiger partial charge in [-0.25, -0.2) is 0 Å². The van der Waals surface area contributed by atoms with E-state index in [1.165, 1.54) is 0 Å². The summed E-state index contributed by atoms with van der Waals surface area (Å²) in [6.07, 6.45) is 0. The minimum Gasteiger partial charge on any atom is -0.496 e. The van der Waals surface area contributed by atoms with Crippen LogP contribution >= 0.6 is 27.5 Å². The van der Waals surface area contributed by atoms with E-state index in [1.807, 2.05) is 18.2 Å². The van der Waals surface area contributed by atoms with Gasteiger partial charge >= 0.3 is 0 Å². The van der Waals surface area contributed by atoms with Gasteiger partial charge in [0.25, 0.3) is 0 Å². The molecule has 0 fully saturated rings. The minimum atomic E-state index is 0.377. The molecule has 2 aromatic carbocycles. The van der Waals surface area contributed by atoms with E-state index in [4.69, 9.17) is 25.8 Å². The standard InChI is InChI=1S/C15H14BrClO3/c1-18-12-6-13(19-2)8-14(7-12)20-9-10-3-4-11(16)5-15(10)17/h3-8H,9H2,1-2H3. The van der Waals surface area contributed by atoms with Crippen molar-refractivity contribution in [1.82, 2.24) is 0 Å². The average Bonchev–Trinajstić information content (AvgIpc) is 2.46. The van der Waals surface area contributed by atoms with Crippen LogP contribution in [-0.2, 0) is 6.61 Å². The maximum Gasteiger partial charge on any atom is 0.127 e. The van der Waals surface area contributed by atoms with Crippen molar-refractivity contribution in [3.05, 3.63) is 51.5 Å². The zero-order valence-corrected chi connectivity index (χ0v) is 13.5. The van der Waals surface area contributed by atoms with Gasteiger partial charge in [-0.1, -0.05) is 33.6 Å². The highest BCUT2D eigenvalue weighted by Gasteiger charge is 2.05. The van der Waals surface area contributed by atoms with Crippen LogP contribution in [0.25, 0.3) is 0 Å². The van der Waals surface area contributed by atoms with Gasteiger partial charge in [0.1, 0.15) is 23.9 Å². The smallest absolute Gasteiger partial charge is 0.127 e. The Morgan fingerprint density at radius 2 is 1.55 bits per heavy atom. The molecule has 5 heteroatoms. The number of rotatable bonds is 5. The van der Waals surface area contributed by atoms with Crippen molar-refractivity contribution in [3.8, 4) is 17.2 Å². The fraction of sp³-hybridized carbons (Fsp3) is 0.200. The van der Waals surface area contributed by atoms with Gasteiger partial charge in [0.15, 0.2) is 0 Å². The highest BCUT2D eigenvalue weighted by atomic mass is 79.9. The van der Waals surface area contributed by atoms with Crippen molar-refractivity contribution in [1.29, 1.82) is 0 Å². The molecule has 0 aliphatic rings. The van der Waals surface area contributed by atoms with E-state index in [1.54, 1.807) is 32.4 Å². The van der Waals surface area contributed by atoms with Gasteiger partial charge in [-0.05, 0) is 12.1 Å². The zero-order chi connectivity index (χ0) is 14.5. The van der Waals surface area contributed by atoms with Gasteiger partial charge in [0.2, 0.25) is 0 Å². The van der Waals surface area contributed by atoms with Gasteiger partial charge in [-0.3, -0.25) is 0 Å². The Balaban J connectivity index is 2.13. The summed E-state index contributed by atoms with van der Waals surface area (Å²) in [5.41, 5.74) is 0.914. The first-order chi connectivity index (χ1) is 9.62. The lowest BCUT2D eigenvalue weighted by atomic mass is 10.2. The van der Waals surface area contributed by atoms with Crippen LogP contribution in [0, 0.1) is 0 Å². The van der Waals surface area contributed by atoms with E-state index in [0.29, 0.717) is 28.9 Å². The summed E-state index contributed by atoms with van der Waals surface area (Å²) in [5.74, 6) is 2.03. The molecule has 0 spiro atoms. The molecule has 0 N–H and O–H groups in total. The lowest BCUT2D eigenvalue weighted by molar-refractivity contribution is 0.300. The third-order valence-electron chi connectivity index (χ3n) is 2.73. The topological polar surface area (TPSA) is 27.7 Å². The molecule has 2 aromatic rings. The molecular weight excluding hydrogens is 344 g/mol. The Morgan fingerprint density at radius 3 is 2.10 bits per heavy atom. The molecule has 106 valence electrons. The molecule has 0 aromatic heterocycles. The van der Waals surface area contributed by atoms with Crippen LogP contribution in [0.4, 0.5) is 0 Å². The Kier molecular flexibility index (Phi) is 5.15. The molecule has 0 aliphatic heterocycles. The van der Waals surface area contributed by atoms with Crippen LogP contribution in [0.3, 0.4) is 0 Å². The molecule has 20 heavy (non-hydrogen) atoms. The molecule has 2 rings (SSSR count). The number of methoxy groups -OCH3 is 2. The number of hydrogen-bond donors (Lipinski definition) is 0. The third-order valence-corrected chi connectivity index (χ3v) is 3.58. The minimum absolute atomic E-state index is 0.377. The van der Waals surface area contributed by atoms with E-state index in [-0.39, 0.29) is 0 Å². The number of benzene rings is 2. The highest BCUT2D eigenvalue weighted by molar-refractivity contribution is 9.10. The second-order valence-corrected chi connectivity index (χ2v) is 5.40. The maximum atomic E-state index is 6.15. The summed E-state index contributed by atoms with van der Waals surface area (Å²) in [6, 6.07) is 11.1. The first-order valence-corrected chi connectivity index (χ1v) is 7.09. The zero-order valence-electron chi connectivity index (χ0n) is 11.2. The van der Waals surface area contributed by atoms with Crippen molar-refractivity contribution >= 4 is 27.5 Å². The molecule has 0 atom stereocenters. The van der Waals surface area contributed by atoms with Crippen molar-refractivity contribution in [2.45, 2.75) is 6.61 Å². The summed E-state index contributed by atoms with van der Waals surface area (Å²) in [6.45, 7) is 0.377. The van der Waals surface area contributed by atoms with E-state index < -0.39 is 0 Å². The van der Waals surface area contributed by atoms with Crippen LogP contribution in [0.2, 0.25) is 5.02 Å². The molecule has 0 heterocycles. The highest BCUT2D eigenvalue weighted by Crippen LogP contribution is 2.29. The molecule has 0 saturated carbocycles. The Hall–Kier alpha value is -1.39. The number of halogens is 2. The van der Waals surface area contributed by atoms with Crippen molar-refractivity contribution in [3.63, 3.8) is 0 Å². The molecule has 0 amide bonds. The van der Waals surface area contributed by atoms with Crippen LogP contribution in [0.1, 0.15) is 5.56 Å². The number of ether oxygens (including phenoxy) is 3. The monoisotopic (exact) mass is 356 g/mol. The van der Waals surface area contributed by atoms with Gasteiger partial charge in [0.05, 0.1) is 14.2 Å². The SMILES string of the molecule is COc1cc(OC)cc(OCc2ccc(Br)cc2Cl)c1. The van der Waals surface area contributed by atoms with Crippen LogP contribution < -0.4 is 14.2 Å². The van der Waals surface area contributed by atoms with Crippen LogP contribution in [-0.4, -0.2) is 14.2 Å². The van der Waals surface area contributed by atoms with Gasteiger partial charge < -0.3 is 14.2 Å². The maximum absolute atomic E-state index is 6.15. The first kappa shape index (κ1) is 15.0. The van der Waals surface area contributed by atoms with Gasteiger partial charge in [-0.15, -0.1) is 0 Å². The second-order valence-electron chi connectivity index (χ2n) is 4.07. The predicted molar refractivity (Wildman–Crippen MR) is 83.0 cm³/mol. The lowest BCUT2D eigenvalue weighted by Gasteiger charge is -2.11. The summed E-state index contributed by atoms with van der Waals surface area (Å²) >= 11 is 9.53. The van der Waals surface area contributed by atoms with Crippen molar-refractivity contribution in [2.24, 2.45) is 0 Å². The summed E-state index contributed by atoms with van der Waals surface area (Å²) in [4.78, 5) is 0. The molecule has 3 nitrogen and oxygen atoms in total. The Labute approximate surface area is 131 Å². The van der Waals surface area contributed by atoms with Gasteiger partial charge in [0, 0.05) is 33.3 Å². The van der Waals surface area contributed by atoms with Crippen molar-refractivity contribution in [2.75, 3.05) is 14.2 Å². The average molecular weight is 358 g/mol. The van der Waals surface area contributed by atoms with E-state index in [9.17, 15) is 0 Å². The van der Waals surface area contributed by atoms with Gasteiger partial charge in [-0.2, -0.15) is 0 Å². The Morgan fingerprint density at radius 1 is 0.950 bits per heavy atom. The summed E-state index contributed by atoms with van der Waals surface area (Å²) < 4.78 is 17.1. The second kappa shape index (κ2) is 6.86. The quantitative estimate of drug-likeness (QED) is 0.776.